The van der Waals surface area contributed by atoms with Crippen LogP contribution in [-0.4, -0.2) is 6.36 Å². The minimum atomic E-state index is -4.64. The van der Waals surface area contributed by atoms with E-state index in [0.29, 0.717) is 11.8 Å². The Bertz CT molecular complexity index is 549. The Labute approximate surface area is 134 Å². The largest absolute Gasteiger partial charge is 0.573 e. The van der Waals surface area contributed by atoms with Gasteiger partial charge < -0.3 is 4.74 Å². The highest BCUT2D eigenvalue weighted by molar-refractivity contribution is 5.27. The molecule has 0 atom stereocenters. The second-order valence-corrected chi connectivity index (χ2v) is 6.00. The van der Waals surface area contributed by atoms with E-state index in [1.54, 1.807) is 18.2 Å². The zero-order valence-electron chi connectivity index (χ0n) is 12.9. The van der Waals surface area contributed by atoms with Gasteiger partial charge in [0.25, 0.3) is 0 Å². The van der Waals surface area contributed by atoms with Gasteiger partial charge in [-0.1, -0.05) is 18.2 Å². The first-order valence-electron chi connectivity index (χ1n) is 7.87. The quantitative estimate of drug-likeness (QED) is 0.679. The van der Waals surface area contributed by atoms with Gasteiger partial charge in [0.15, 0.2) is 0 Å². The van der Waals surface area contributed by atoms with Gasteiger partial charge in [0.05, 0.1) is 6.07 Å². The molecule has 0 unspecified atom stereocenters. The molecule has 0 aliphatic heterocycles. The maximum Gasteiger partial charge on any atom is 0.573 e. The van der Waals surface area contributed by atoms with E-state index < -0.39 is 6.36 Å². The Morgan fingerprint density at radius 2 is 1.78 bits per heavy atom. The molecule has 124 valence electrons. The van der Waals surface area contributed by atoms with E-state index in [4.69, 9.17) is 5.26 Å². The molecule has 0 saturated heterocycles. The Hall–Kier alpha value is -1.96. The number of benzene rings is 1. The van der Waals surface area contributed by atoms with Crippen LogP contribution in [0.4, 0.5) is 13.2 Å². The maximum atomic E-state index is 12.1. The minimum Gasteiger partial charge on any atom is -0.406 e. The molecule has 1 aromatic rings. The van der Waals surface area contributed by atoms with Crippen LogP contribution in [-0.2, 0) is 6.42 Å². The van der Waals surface area contributed by atoms with E-state index in [0.717, 1.165) is 44.1 Å². The second kappa shape index (κ2) is 8.05. The maximum absolute atomic E-state index is 12.1. The third-order valence-electron chi connectivity index (χ3n) is 4.33. The Kier molecular flexibility index (Phi) is 6.09. The molecule has 0 aromatic heterocycles. The lowest BCUT2D eigenvalue weighted by atomic mass is 9.79. The van der Waals surface area contributed by atoms with Crippen LogP contribution in [0, 0.1) is 23.2 Å². The summed E-state index contributed by atoms with van der Waals surface area (Å²) >= 11 is 0. The van der Waals surface area contributed by atoms with Crippen LogP contribution in [0.5, 0.6) is 5.75 Å². The second-order valence-electron chi connectivity index (χ2n) is 6.00. The molecular weight excluding hydrogens is 303 g/mol. The van der Waals surface area contributed by atoms with Gasteiger partial charge in [-0.3, -0.25) is 0 Å². The molecular formula is C18H20F3NO. The number of rotatable bonds is 5. The van der Waals surface area contributed by atoms with Gasteiger partial charge in [-0.25, -0.2) is 0 Å². The van der Waals surface area contributed by atoms with Crippen molar-refractivity contribution >= 4 is 0 Å². The first-order chi connectivity index (χ1) is 11.0. The smallest absolute Gasteiger partial charge is 0.406 e. The van der Waals surface area contributed by atoms with E-state index in [1.807, 2.05) is 12.1 Å². The molecule has 1 saturated carbocycles. The van der Waals surface area contributed by atoms with Crippen LogP contribution >= 0.6 is 0 Å². The van der Waals surface area contributed by atoms with E-state index in [2.05, 4.69) is 4.74 Å². The van der Waals surface area contributed by atoms with Crippen LogP contribution in [0.2, 0.25) is 0 Å². The average molecular weight is 323 g/mol. The molecule has 1 aromatic carbocycles. The predicted molar refractivity (Wildman–Crippen MR) is 81.6 cm³/mol. The van der Waals surface area contributed by atoms with Crippen molar-refractivity contribution in [2.45, 2.75) is 44.9 Å². The van der Waals surface area contributed by atoms with Crippen molar-refractivity contribution in [2.24, 2.45) is 11.8 Å². The molecule has 0 radical (unpaired) electrons. The van der Waals surface area contributed by atoms with Crippen molar-refractivity contribution in [3.63, 3.8) is 0 Å². The summed E-state index contributed by atoms with van der Waals surface area (Å²) in [5, 5.41) is 8.53. The van der Waals surface area contributed by atoms with Crippen LogP contribution in [0.3, 0.4) is 0 Å². The van der Waals surface area contributed by atoms with Gasteiger partial charge in [0.2, 0.25) is 0 Å². The lowest BCUT2D eigenvalue weighted by molar-refractivity contribution is -0.274. The number of nitriles is 1. The molecule has 2 rings (SSSR count). The average Bonchev–Trinajstić information content (AvgIpc) is 2.52. The van der Waals surface area contributed by atoms with Crippen LogP contribution in [0.15, 0.2) is 36.4 Å². The molecule has 5 heteroatoms. The van der Waals surface area contributed by atoms with E-state index in [1.165, 1.54) is 12.1 Å². The molecule has 1 fully saturated rings. The molecule has 2 nitrogen and oxygen atoms in total. The van der Waals surface area contributed by atoms with Crippen molar-refractivity contribution in [1.82, 2.24) is 0 Å². The Morgan fingerprint density at radius 1 is 1.13 bits per heavy atom. The molecule has 0 bridgehead atoms. The fourth-order valence-electron chi connectivity index (χ4n) is 3.08. The van der Waals surface area contributed by atoms with Gasteiger partial charge in [0.1, 0.15) is 5.75 Å². The number of alkyl halides is 3. The number of hydrogen-bond acceptors (Lipinski definition) is 2. The predicted octanol–water partition coefficient (Wildman–Crippen LogP) is 5.40. The van der Waals surface area contributed by atoms with E-state index in [-0.39, 0.29) is 5.75 Å². The lowest BCUT2D eigenvalue weighted by Crippen LogP contribution is -2.17. The molecule has 0 N–H and O–H groups in total. The van der Waals surface area contributed by atoms with Gasteiger partial charge in [-0.2, -0.15) is 5.26 Å². The number of nitrogens with zero attached hydrogens (tertiary/aromatic N) is 1. The van der Waals surface area contributed by atoms with Crippen LogP contribution < -0.4 is 4.74 Å². The fourth-order valence-corrected chi connectivity index (χ4v) is 3.08. The summed E-state index contributed by atoms with van der Waals surface area (Å²) in [6, 6.07) is 8.16. The highest BCUT2D eigenvalue weighted by atomic mass is 19.4. The Morgan fingerprint density at radius 3 is 2.35 bits per heavy atom. The third-order valence-corrected chi connectivity index (χ3v) is 4.33. The van der Waals surface area contributed by atoms with E-state index in [9.17, 15) is 13.2 Å². The minimum absolute atomic E-state index is 0.175. The normalized spacial score (nSPS) is 22.0. The Balaban J connectivity index is 1.74. The SMILES string of the molecule is N#CC=CC1CCC(CCc2ccc(OC(F)(F)F)cc2)CC1. The molecule has 0 amide bonds. The van der Waals surface area contributed by atoms with Crippen molar-refractivity contribution in [2.75, 3.05) is 0 Å². The fraction of sp³-hybridized carbons (Fsp3) is 0.500. The van der Waals surface area contributed by atoms with Gasteiger partial charge >= 0.3 is 6.36 Å². The number of aryl methyl sites for hydroxylation is 1. The van der Waals surface area contributed by atoms with Crippen molar-refractivity contribution in [3.05, 3.63) is 42.0 Å². The number of halogens is 3. The zero-order valence-corrected chi connectivity index (χ0v) is 12.9. The van der Waals surface area contributed by atoms with Crippen molar-refractivity contribution in [3.8, 4) is 11.8 Å². The van der Waals surface area contributed by atoms with Crippen molar-refractivity contribution in [1.29, 1.82) is 5.26 Å². The summed E-state index contributed by atoms with van der Waals surface area (Å²) in [7, 11) is 0. The molecule has 0 spiro atoms. The van der Waals surface area contributed by atoms with Crippen LogP contribution in [0.1, 0.15) is 37.7 Å². The highest BCUT2D eigenvalue weighted by Gasteiger charge is 2.30. The van der Waals surface area contributed by atoms with Crippen molar-refractivity contribution < 1.29 is 17.9 Å². The zero-order chi connectivity index (χ0) is 16.7. The number of allylic oxidation sites excluding steroid dienone is 2. The van der Waals surface area contributed by atoms with Gasteiger partial charge in [0, 0.05) is 6.08 Å². The molecule has 1 aliphatic rings. The van der Waals surface area contributed by atoms with E-state index >= 15 is 0 Å². The van der Waals surface area contributed by atoms with Crippen LogP contribution in [0.25, 0.3) is 0 Å². The highest BCUT2D eigenvalue weighted by Crippen LogP contribution is 2.32. The molecule has 23 heavy (non-hydrogen) atoms. The standard InChI is InChI=1S/C18H20F3NO/c19-18(20,21)23-17-11-9-16(10-12-17)8-7-15-5-3-14(4-6-15)2-1-13-22/h1-2,9-12,14-15H,3-8H2. The molecule has 1 aliphatic carbocycles. The topological polar surface area (TPSA) is 33.0 Å². The monoisotopic (exact) mass is 323 g/mol. The van der Waals surface area contributed by atoms with Gasteiger partial charge in [-0.15, -0.1) is 13.2 Å². The third kappa shape index (κ3) is 6.35. The first-order valence-corrected chi connectivity index (χ1v) is 7.87. The van der Waals surface area contributed by atoms with Gasteiger partial charge in [-0.05, 0) is 68.1 Å². The number of hydrogen-bond donors (Lipinski definition) is 0. The summed E-state index contributed by atoms with van der Waals surface area (Å²) < 4.78 is 40.2. The summed E-state index contributed by atoms with van der Waals surface area (Å²) in [5.41, 5.74) is 1.03. The summed E-state index contributed by atoms with van der Waals surface area (Å²) in [6.07, 6.45) is 5.36. The lowest BCUT2D eigenvalue weighted by Gasteiger charge is -2.26. The number of ether oxygens (including phenoxy) is 1. The first kappa shape index (κ1) is 17.4. The molecule has 0 heterocycles. The summed E-state index contributed by atoms with van der Waals surface area (Å²) in [4.78, 5) is 0. The summed E-state index contributed by atoms with van der Waals surface area (Å²) in [6.45, 7) is 0. The summed E-state index contributed by atoms with van der Waals surface area (Å²) in [5.74, 6) is 1.00.